The van der Waals surface area contributed by atoms with Gasteiger partial charge >= 0.3 is 0 Å². The maximum Gasteiger partial charge on any atom is 0.162 e. The number of benzene rings is 2. The molecular formula is C18H17IN2O2. The quantitative estimate of drug-likeness (QED) is 0.456. The molecule has 0 fully saturated rings. The Morgan fingerprint density at radius 3 is 2.30 bits per heavy atom. The summed E-state index contributed by atoms with van der Waals surface area (Å²) in [5.41, 5.74) is 4.14. The van der Waals surface area contributed by atoms with Crippen molar-refractivity contribution in [3.8, 4) is 22.8 Å². The number of rotatable bonds is 5. The van der Waals surface area contributed by atoms with Crippen LogP contribution in [0.15, 0.2) is 42.7 Å². The summed E-state index contributed by atoms with van der Waals surface area (Å²) in [6.07, 6.45) is 2.67. The summed E-state index contributed by atoms with van der Waals surface area (Å²) in [6.45, 7) is 0. The van der Waals surface area contributed by atoms with Gasteiger partial charge in [0.1, 0.15) is 6.33 Å². The van der Waals surface area contributed by atoms with Crippen LogP contribution in [0.3, 0.4) is 0 Å². The van der Waals surface area contributed by atoms with Crippen LogP contribution in [0, 0.1) is 0 Å². The summed E-state index contributed by atoms with van der Waals surface area (Å²) in [5, 5.41) is 0.951. The standard InChI is InChI=1S/C18H17IN2O2/c1-22-16-9-14-15(10-17(16)23-2)20-11-21-18(14)13-5-3-12(4-6-13)7-8-19/h3-6,9-11H,7-8H2,1-2H3. The van der Waals surface area contributed by atoms with E-state index in [1.165, 1.54) is 5.56 Å². The highest BCUT2D eigenvalue weighted by Gasteiger charge is 2.12. The van der Waals surface area contributed by atoms with Gasteiger partial charge in [0.25, 0.3) is 0 Å². The Kier molecular flexibility index (Phi) is 4.95. The lowest BCUT2D eigenvalue weighted by Gasteiger charge is -2.11. The third-order valence-corrected chi connectivity index (χ3v) is 4.29. The SMILES string of the molecule is COc1cc2ncnc(-c3ccc(CCI)cc3)c2cc1OC. The van der Waals surface area contributed by atoms with E-state index in [1.54, 1.807) is 20.5 Å². The maximum absolute atomic E-state index is 5.40. The number of hydrogen-bond donors (Lipinski definition) is 0. The largest absolute Gasteiger partial charge is 0.493 e. The van der Waals surface area contributed by atoms with Gasteiger partial charge in [-0.15, -0.1) is 0 Å². The van der Waals surface area contributed by atoms with Crippen molar-refractivity contribution >= 4 is 33.5 Å². The van der Waals surface area contributed by atoms with Crippen molar-refractivity contribution in [1.82, 2.24) is 9.97 Å². The summed E-state index contributed by atoms with van der Waals surface area (Å²) < 4.78 is 11.9. The lowest BCUT2D eigenvalue weighted by molar-refractivity contribution is 0.356. The van der Waals surface area contributed by atoms with Gasteiger partial charge in [-0.2, -0.15) is 0 Å². The highest BCUT2D eigenvalue weighted by Crippen LogP contribution is 2.35. The van der Waals surface area contributed by atoms with Crippen molar-refractivity contribution in [2.75, 3.05) is 18.6 Å². The van der Waals surface area contributed by atoms with Crippen molar-refractivity contribution in [1.29, 1.82) is 0 Å². The first-order valence-corrected chi connectivity index (χ1v) is 8.81. The number of nitrogens with zero attached hydrogens (tertiary/aromatic N) is 2. The molecule has 0 saturated heterocycles. The van der Waals surface area contributed by atoms with Crippen molar-refractivity contribution in [2.24, 2.45) is 0 Å². The Morgan fingerprint density at radius 2 is 1.65 bits per heavy atom. The van der Waals surface area contributed by atoms with Crippen LogP contribution in [0.1, 0.15) is 5.56 Å². The molecule has 0 amide bonds. The van der Waals surface area contributed by atoms with Crippen LogP contribution < -0.4 is 9.47 Å². The molecule has 0 atom stereocenters. The van der Waals surface area contributed by atoms with Gasteiger partial charge in [-0.3, -0.25) is 0 Å². The molecule has 1 heterocycles. The predicted octanol–water partition coefficient (Wildman–Crippen LogP) is 4.29. The zero-order valence-electron chi connectivity index (χ0n) is 13.0. The van der Waals surface area contributed by atoms with Crippen LogP contribution in [-0.2, 0) is 6.42 Å². The first-order valence-electron chi connectivity index (χ1n) is 7.29. The fourth-order valence-electron chi connectivity index (χ4n) is 2.55. The first kappa shape index (κ1) is 16.0. The molecule has 4 nitrogen and oxygen atoms in total. The number of halogens is 1. The average Bonchev–Trinajstić information content (AvgIpc) is 2.61. The van der Waals surface area contributed by atoms with Gasteiger partial charge in [-0.05, 0) is 18.1 Å². The van der Waals surface area contributed by atoms with Crippen molar-refractivity contribution in [3.05, 3.63) is 48.3 Å². The molecule has 0 N–H and O–H groups in total. The fourth-order valence-corrected chi connectivity index (χ4v) is 3.17. The number of hydrogen-bond acceptors (Lipinski definition) is 4. The molecule has 0 bridgehead atoms. The Hall–Kier alpha value is -1.89. The van der Waals surface area contributed by atoms with Gasteiger partial charge in [0.2, 0.25) is 0 Å². The topological polar surface area (TPSA) is 44.2 Å². The Labute approximate surface area is 149 Å². The third kappa shape index (κ3) is 3.24. The Bertz CT molecular complexity index is 819. The lowest BCUT2D eigenvalue weighted by Crippen LogP contribution is -1.94. The molecule has 118 valence electrons. The number of aryl methyl sites for hydroxylation is 1. The molecule has 3 aromatic rings. The second-order valence-corrected chi connectivity index (χ2v) is 6.16. The smallest absolute Gasteiger partial charge is 0.162 e. The van der Waals surface area contributed by atoms with Gasteiger partial charge in [0, 0.05) is 21.4 Å². The molecule has 1 aromatic heterocycles. The van der Waals surface area contributed by atoms with E-state index in [2.05, 4.69) is 56.8 Å². The number of ether oxygens (including phenoxy) is 2. The summed E-state index contributed by atoms with van der Waals surface area (Å²) >= 11 is 2.39. The molecule has 0 saturated carbocycles. The Balaban J connectivity index is 2.13. The van der Waals surface area contributed by atoms with E-state index in [4.69, 9.17) is 9.47 Å². The van der Waals surface area contributed by atoms with E-state index >= 15 is 0 Å². The van der Waals surface area contributed by atoms with Crippen LogP contribution in [-0.4, -0.2) is 28.6 Å². The minimum Gasteiger partial charge on any atom is -0.493 e. The molecule has 3 rings (SSSR count). The average molecular weight is 420 g/mol. The fraction of sp³-hybridized carbons (Fsp3) is 0.222. The molecule has 0 aliphatic rings. The first-order chi connectivity index (χ1) is 11.3. The van der Waals surface area contributed by atoms with Crippen LogP contribution >= 0.6 is 22.6 Å². The van der Waals surface area contributed by atoms with Crippen LogP contribution in [0.5, 0.6) is 11.5 Å². The summed E-state index contributed by atoms with van der Waals surface area (Å²) in [7, 11) is 3.25. The van der Waals surface area contributed by atoms with Gasteiger partial charge in [-0.25, -0.2) is 9.97 Å². The van der Waals surface area contributed by atoms with E-state index in [0.717, 1.165) is 33.0 Å². The zero-order valence-corrected chi connectivity index (χ0v) is 15.2. The molecule has 5 heteroatoms. The number of fused-ring (bicyclic) bond motifs is 1. The molecule has 0 spiro atoms. The predicted molar refractivity (Wildman–Crippen MR) is 101 cm³/mol. The minimum atomic E-state index is 0.669. The minimum absolute atomic E-state index is 0.669. The van der Waals surface area contributed by atoms with E-state index < -0.39 is 0 Å². The van der Waals surface area contributed by atoms with Gasteiger partial charge in [-0.1, -0.05) is 46.9 Å². The normalized spacial score (nSPS) is 10.7. The van der Waals surface area contributed by atoms with Gasteiger partial charge < -0.3 is 9.47 Å². The van der Waals surface area contributed by atoms with Crippen molar-refractivity contribution < 1.29 is 9.47 Å². The second-order valence-electron chi connectivity index (χ2n) is 5.08. The monoisotopic (exact) mass is 420 g/mol. The van der Waals surface area contributed by atoms with E-state index in [9.17, 15) is 0 Å². The van der Waals surface area contributed by atoms with Gasteiger partial charge in [0.15, 0.2) is 11.5 Å². The summed E-state index contributed by atoms with van der Waals surface area (Å²) in [4.78, 5) is 8.83. The van der Waals surface area contributed by atoms with Crippen LogP contribution in [0.25, 0.3) is 22.2 Å². The van der Waals surface area contributed by atoms with E-state index in [1.807, 2.05) is 12.1 Å². The number of methoxy groups -OCH3 is 2. The molecule has 0 radical (unpaired) electrons. The molecule has 0 aliphatic carbocycles. The Morgan fingerprint density at radius 1 is 0.957 bits per heavy atom. The molecule has 0 unspecified atom stereocenters. The van der Waals surface area contributed by atoms with Crippen LogP contribution in [0.2, 0.25) is 0 Å². The summed E-state index contributed by atoms with van der Waals surface area (Å²) in [6, 6.07) is 12.3. The number of alkyl halides is 1. The van der Waals surface area contributed by atoms with E-state index in [-0.39, 0.29) is 0 Å². The molecule has 2 aromatic carbocycles. The van der Waals surface area contributed by atoms with Crippen molar-refractivity contribution in [2.45, 2.75) is 6.42 Å². The zero-order chi connectivity index (χ0) is 16.2. The molecule has 0 aliphatic heterocycles. The van der Waals surface area contributed by atoms with Crippen LogP contribution in [0.4, 0.5) is 0 Å². The lowest BCUT2D eigenvalue weighted by atomic mass is 10.0. The summed E-state index contributed by atoms with van der Waals surface area (Å²) in [5.74, 6) is 1.35. The van der Waals surface area contributed by atoms with Crippen molar-refractivity contribution in [3.63, 3.8) is 0 Å². The second kappa shape index (κ2) is 7.12. The molecular weight excluding hydrogens is 403 g/mol. The van der Waals surface area contributed by atoms with E-state index in [0.29, 0.717) is 11.5 Å². The third-order valence-electron chi connectivity index (χ3n) is 3.75. The number of aromatic nitrogens is 2. The van der Waals surface area contributed by atoms with Gasteiger partial charge in [0.05, 0.1) is 25.4 Å². The highest BCUT2D eigenvalue weighted by atomic mass is 127. The molecule has 23 heavy (non-hydrogen) atoms. The highest BCUT2D eigenvalue weighted by molar-refractivity contribution is 14.1. The maximum atomic E-state index is 5.40.